The van der Waals surface area contributed by atoms with Gasteiger partial charge in [0.05, 0.1) is 24.7 Å². The van der Waals surface area contributed by atoms with Crippen molar-refractivity contribution in [2.24, 2.45) is 0 Å². The first-order valence-electron chi connectivity index (χ1n) is 5.28. The van der Waals surface area contributed by atoms with Gasteiger partial charge in [0.2, 0.25) is 0 Å². The molecule has 18 heavy (non-hydrogen) atoms. The molecule has 0 N–H and O–H groups in total. The van der Waals surface area contributed by atoms with E-state index in [4.69, 9.17) is 24.9 Å². The van der Waals surface area contributed by atoms with Gasteiger partial charge in [0.25, 0.3) is 9.05 Å². The van der Waals surface area contributed by atoms with Crippen molar-refractivity contribution < 1.29 is 22.6 Å². The van der Waals surface area contributed by atoms with E-state index in [-0.39, 0.29) is 4.90 Å². The van der Waals surface area contributed by atoms with E-state index in [1.165, 1.54) is 12.1 Å². The van der Waals surface area contributed by atoms with Crippen molar-refractivity contribution in [3.8, 4) is 5.75 Å². The third-order valence-electron chi connectivity index (χ3n) is 2.03. The van der Waals surface area contributed by atoms with E-state index in [9.17, 15) is 8.42 Å². The number of benzene rings is 1. The van der Waals surface area contributed by atoms with Gasteiger partial charge in [-0.15, -0.1) is 0 Å². The van der Waals surface area contributed by atoms with Crippen LogP contribution in [0.25, 0.3) is 0 Å². The van der Waals surface area contributed by atoms with Gasteiger partial charge in [0.1, 0.15) is 12.4 Å². The monoisotopic (exact) mass is 294 g/mol. The first-order valence-corrected chi connectivity index (χ1v) is 7.59. The highest BCUT2D eigenvalue weighted by molar-refractivity contribution is 8.13. The maximum atomic E-state index is 11.0. The number of hydrogen-bond donors (Lipinski definition) is 0. The van der Waals surface area contributed by atoms with E-state index < -0.39 is 9.05 Å². The summed E-state index contributed by atoms with van der Waals surface area (Å²) in [6.07, 6.45) is 0. The van der Waals surface area contributed by atoms with Gasteiger partial charge in [0, 0.05) is 17.8 Å². The summed E-state index contributed by atoms with van der Waals surface area (Å²) in [5, 5.41) is 0. The number of rotatable bonds is 8. The summed E-state index contributed by atoms with van der Waals surface area (Å²) < 4.78 is 37.4. The molecule has 0 atom stereocenters. The summed E-state index contributed by atoms with van der Waals surface area (Å²) in [7, 11) is 3.11. The molecule has 0 unspecified atom stereocenters. The average molecular weight is 295 g/mol. The summed E-state index contributed by atoms with van der Waals surface area (Å²) in [5.74, 6) is 0.564. The minimum absolute atomic E-state index is 0.0489. The molecule has 0 aliphatic carbocycles. The number of methoxy groups -OCH3 is 1. The van der Waals surface area contributed by atoms with Crippen molar-refractivity contribution in [3.63, 3.8) is 0 Å². The molecule has 0 bridgehead atoms. The molecule has 1 rings (SSSR count). The summed E-state index contributed by atoms with van der Waals surface area (Å²) in [6, 6.07) is 5.88. The van der Waals surface area contributed by atoms with Crippen LogP contribution in [0.5, 0.6) is 5.75 Å². The lowest BCUT2D eigenvalue weighted by Gasteiger charge is -2.07. The van der Waals surface area contributed by atoms with E-state index in [0.29, 0.717) is 32.2 Å². The molecule has 102 valence electrons. The molecule has 7 heteroatoms. The first kappa shape index (κ1) is 15.2. The number of hydrogen-bond acceptors (Lipinski definition) is 5. The summed E-state index contributed by atoms with van der Waals surface area (Å²) in [5.41, 5.74) is 0. The lowest BCUT2D eigenvalue weighted by molar-refractivity contribution is 0.0544. The van der Waals surface area contributed by atoms with Crippen LogP contribution in [0.15, 0.2) is 29.2 Å². The molecule has 0 radical (unpaired) electrons. The maximum absolute atomic E-state index is 11.0. The molecular formula is C11H15ClO5S. The van der Waals surface area contributed by atoms with Crippen molar-refractivity contribution in [2.75, 3.05) is 33.5 Å². The van der Waals surface area contributed by atoms with Crippen molar-refractivity contribution in [2.45, 2.75) is 4.90 Å². The second-order valence-corrected chi connectivity index (χ2v) is 5.93. The van der Waals surface area contributed by atoms with Crippen LogP contribution in [-0.4, -0.2) is 42.0 Å². The largest absolute Gasteiger partial charge is 0.491 e. The SMILES string of the molecule is COCCOCCOc1ccc(S(=O)(=O)Cl)cc1. The topological polar surface area (TPSA) is 61.8 Å². The minimum Gasteiger partial charge on any atom is -0.491 e. The fraction of sp³-hybridized carbons (Fsp3) is 0.455. The van der Waals surface area contributed by atoms with Crippen molar-refractivity contribution >= 4 is 19.7 Å². The molecule has 0 saturated carbocycles. The van der Waals surface area contributed by atoms with Crippen LogP contribution >= 0.6 is 10.7 Å². The lowest BCUT2D eigenvalue weighted by Crippen LogP contribution is -2.09. The van der Waals surface area contributed by atoms with E-state index in [1.807, 2.05) is 0 Å². The molecule has 1 aromatic rings. The Morgan fingerprint density at radius 2 is 1.67 bits per heavy atom. The first-order chi connectivity index (χ1) is 8.54. The van der Waals surface area contributed by atoms with Crippen LogP contribution in [0.3, 0.4) is 0 Å². The van der Waals surface area contributed by atoms with E-state index >= 15 is 0 Å². The van der Waals surface area contributed by atoms with Crippen molar-refractivity contribution in [3.05, 3.63) is 24.3 Å². The Kier molecular flexibility index (Phi) is 6.42. The van der Waals surface area contributed by atoms with E-state index in [0.717, 1.165) is 0 Å². The van der Waals surface area contributed by atoms with Gasteiger partial charge in [-0.1, -0.05) is 0 Å². The Labute approximate surface area is 111 Å². The van der Waals surface area contributed by atoms with Crippen LogP contribution in [0, 0.1) is 0 Å². The van der Waals surface area contributed by atoms with Gasteiger partial charge in [-0.3, -0.25) is 0 Å². The molecule has 5 nitrogen and oxygen atoms in total. The minimum atomic E-state index is -3.68. The van der Waals surface area contributed by atoms with Crippen molar-refractivity contribution in [1.29, 1.82) is 0 Å². The van der Waals surface area contributed by atoms with Crippen LogP contribution in [0.4, 0.5) is 0 Å². The van der Waals surface area contributed by atoms with Gasteiger partial charge in [0.15, 0.2) is 0 Å². The zero-order valence-electron chi connectivity index (χ0n) is 9.97. The van der Waals surface area contributed by atoms with E-state index in [2.05, 4.69) is 0 Å². The van der Waals surface area contributed by atoms with Gasteiger partial charge < -0.3 is 14.2 Å². The molecule has 0 amide bonds. The lowest BCUT2D eigenvalue weighted by atomic mass is 10.3. The Balaban J connectivity index is 2.32. The van der Waals surface area contributed by atoms with Crippen LogP contribution < -0.4 is 4.74 Å². The highest BCUT2D eigenvalue weighted by Crippen LogP contribution is 2.18. The fourth-order valence-corrected chi connectivity index (χ4v) is 1.93. The van der Waals surface area contributed by atoms with Gasteiger partial charge in [-0.05, 0) is 24.3 Å². The molecule has 0 aliphatic rings. The summed E-state index contributed by atoms with van der Waals surface area (Å²) >= 11 is 0. The molecule has 0 heterocycles. The predicted octanol–water partition coefficient (Wildman–Crippen LogP) is 1.66. The highest BCUT2D eigenvalue weighted by Gasteiger charge is 2.08. The summed E-state index contributed by atoms with van der Waals surface area (Å²) in [4.78, 5) is 0.0489. The van der Waals surface area contributed by atoms with Crippen LogP contribution in [0.2, 0.25) is 0 Å². The van der Waals surface area contributed by atoms with Gasteiger partial charge >= 0.3 is 0 Å². The zero-order valence-corrected chi connectivity index (χ0v) is 11.5. The normalized spacial score (nSPS) is 11.4. The van der Waals surface area contributed by atoms with Crippen molar-refractivity contribution in [1.82, 2.24) is 0 Å². The Morgan fingerprint density at radius 1 is 1.06 bits per heavy atom. The molecule has 0 spiro atoms. The maximum Gasteiger partial charge on any atom is 0.261 e. The van der Waals surface area contributed by atoms with Crippen LogP contribution in [-0.2, 0) is 18.5 Å². The van der Waals surface area contributed by atoms with Gasteiger partial charge in [-0.25, -0.2) is 8.42 Å². The number of ether oxygens (including phenoxy) is 3. The third-order valence-corrected chi connectivity index (χ3v) is 3.40. The predicted molar refractivity (Wildman–Crippen MR) is 67.7 cm³/mol. The molecular weight excluding hydrogens is 280 g/mol. The third kappa shape index (κ3) is 5.68. The zero-order chi connectivity index (χ0) is 13.4. The second-order valence-electron chi connectivity index (χ2n) is 3.36. The fourth-order valence-electron chi connectivity index (χ4n) is 1.16. The molecule has 0 saturated heterocycles. The average Bonchev–Trinajstić information content (AvgIpc) is 2.33. The van der Waals surface area contributed by atoms with Gasteiger partial charge in [-0.2, -0.15) is 0 Å². The summed E-state index contributed by atoms with van der Waals surface area (Å²) in [6.45, 7) is 1.89. The smallest absolute Gasteiger partial charge is 0.261 e. The molecule has 0 aromatic heterocycles. The Hall–Kier alpha value is -0.820. The molecule has 0 fully saturated rings. The van der Waals surface area contributed by atoms with E-state index in [1.54, 1.807) is 19.2 Å². The quantitative estimate of drug-likeness (QED) is 0.539. The second kappa shape index (κ2) is 7.58. The Morgan fingerprint density at radius 3 is 2.22 bits per heavy atom. The Bertz CT molecular complexity index is 443. The number of halogens is 1. The van der Waals surface area contributed by atoms with Crippen LogP contribution in [0.1, 0.15) is 0 Å². The molecule has 1 aromatic carbocycles. The standard InChI is InChI=1S/C11H15ClO5S/c1-15-6-7-16-8-9-17-10-2-4-11(5-3-10)18(12,13)14/h2-5H,6-9H2,1H3. The highest BCUT2D eigenvalue weighted by atomic mass is 35.7. The molecule has 0 aliphatic heterocycles.